The van der Waals surface area contributed by atoms with Crippen LogP contribution in [0.5, 0.6) is 0 Å². The zero-order valence-electron chi connectivity index (χ0n) is 14.1. The number of likely N-dealkylation sites (N-methyl/N-ethyl adjacent to an activating group) is 1. The van der Waals surface area contributed by atoms with Gasteiger partial charge in [0.15, 0.2) is 5.96 Å². The average Bonchev–Trinajstić information content (AvgIpc) is 3.20. The summed E-state index contributed by atoms with van der Waals surface area (Å²) in [6.45, 7) is 4.27. The molecule has 6 nitrogen and oxygen atoms in total. The lowest BCUT2D eigenvalue weighted by molar-refractivity contribution is 0.265. The van der Waals surface area contributed by atoms with E-state index in [2.05, 4.69) is 27.4 Å². The Kier molecular flexibility index (Phi) is 6.75. The number of rotatable bonds is 8. The topological polar surface area (TPSA) is 65.9 Å². The van der Waals surface area contributed by atoms with Gasteiger partial charge in [0.2, 0.25) is 0 Å². The van der Waals surface area contributed by atoms with Crippen molar-refractivity contribution in [1.29, 1.82) is 0 Å². The first kappa shape index (κ1) is 17.1. The Hall–Kier alpha value is -2.21. The van der Waals surface area contributed by atoms with Crippen molar-refractivity contribution in [1.82, 2.24) is 15.5 Å². The van der Waals surface area contributed by atoms with E-state index in [0.29, 0.717) is 6.54 Å². The fraction of sp³-hybridized carbons (Fsp3) is 0.471. The van der Waals surface area contributed by atoms with Crippen LogP contribution >= 0.6 is 0 Å². The third-order valence-corrected chi connectivity index (χ3v) is 3.51. The number of hydrogen-bond acceptors (Lipinski definition) is 4. The van der Waals surface area contributed by atoms with Crippen molar-refractivity contribution in [2.75, 3.05) is 33.7 Å². The van der Waals surface area contributed by atoms with Crippen LogP contribution in [0.1, 0.15) is 24.5 Å². The molecule has 0 amide bonds. The molecule has 1 atom stereocenters. The SMILES string of the molecule is CCNC(=NCC(c1ccco1)N(C)C)NCCc1ccco1. The fourth-order valence-electron chi connectivity index (χ4n) is 2.27. The van der Waals surface area contributed by atoms with Gasteiger partial charge in [-0.2, -0.15) is 0 Å². The Morgan fingerprint density at radius 2 is 1.96 bits per heavy atom. The van der Waals surface area contributed by atoms with E-state index in [1.165, 1.54) is 0 Å². The van der Waals surface area contributed by atoms with Crippen LogP contribution in [-0.4, -0.2) is 44.6 Å². The van der Waals surface area contributed by atoms with E-state index < -0.39 is 0 Å². The summed E-state index contributed by atoms with van der Waals surface area (Å²) >= 11 is 0. The molecular formula is C17H26N4O2. The summed E-state index contributed by atoms with van der Waals surface area (Å²) in [5.74, 6) is 2.69. The maximum atomic E-state index is 5.52. The van der Waals surface area contributed by atoms with E-state index >= 15 is 0 Å². The Morgan fingerprint density at radius 1 is 1.17 bits per heavy atom. The molecule has 0 aromatic carbocycles. The lowest BCUT2D eigenvalue weighted by atomic mass is 10.2. The lowest BCUT2D eigenvalue weighted by Crippen LogP contribution is -2.39. The molecular weight excluding hydrogens is 292 g/mol. The first-order chi connectivity index (χ1) is 11.2. The highest BCUT2D eigenvalue weighted by atomic mass is 16.3. The number of hydrogen-bond donors (Lipinski definition) is 2. The van der Waals surface area contributed by atoms with Gasteiger partial charge in [-0.1, -0.05) is 0 Å². The van der Waals surface area contributed by atoms with Crippen LogP contribution in [0, 0.1) is 0 Å². The largest absolute Gasteiger partial charge is 0.469 e. The number of aliphatic imine (C=N–C) groups is 1. The van der Waals surface area contributed by atoms with Crippen LogP contribution in [-0.2, 0) is 6.42 Å². The number of guanidine groups is 1. The van der Waals surface area contributed by atoms with Crippen LogP contribution in [0.25, 0.3) is 0 Å². The van der Waals surface area contributed by atoms with E-state index in [1.54, 1.807) is 12.5 Å². The summed E-state index contributed by atoms with van der Waals surface area (Å²) in [6, 6.07) is 7.88. The molecule has 0 saturated carbocycles. The standard InChI is InChI=1S/C17H26N4O2/c1-4-18-17(19-10-9-14-7-5-11-22-14)20-13-15(21(2)3)16-8-6-12-23-16/h5-8,11-12,15H,4,9-10,13H2,1-3H3,(H2,18,19,20). The normalized spacial score (nSPS) is 13.3. The van der Waals surface area contributed by atoms with Gasteiger partial charge in [0.1, 0.15) is 11.5 Å². The van der Waals surface area contributed by atoms with E-state index in [1.807, 2.05) is 38.4 Å². The van der Waals surface area contributed by atoms with Crippen molar-refractivity contribution in [2.24, 2.45) is 4.99 Å². The molecule has 0 radical (unpaired) electrons. The van der Waals surface area contributed by atoms with Crippen molar-refractivity contribution < 1.29 is 8.83 Å². The molecule has 0 aliphatic rings. The maximum absolute atomic E-state index is 5.52. The second-order valence-electron chi connectivity index (χ2n) is 5.47. The summed E-state index contributed by atoms with van der Waals surface area (Å²) in [5, 5.41) is 6.59. The van der Waals surface area contributed by atoms with Crippen LogP contribution in [0.15, 0.2) is 50.6 Å². The van der Waals surface area contributed by atoms with Crippen molar-refractivity contribution in [2.45, 2.75) is 19.4 Å². The highest BCUT2D eigenvalue weighted by Crippen LogP contribution is 2.18. The summed E-state index contributed by atoms with van der Waals surface area (Å²) < 4.78 is 10.8. The van der Waals surface area contributed by atoms with Gasteiger partial charge in [-0.05, 0) is 45.3 Å². The maximum Gasteiger partial charge on any atom is 0.191 e. The van der Waals surface area contributed by atoms with Crippen LogP contribution in [0.2, 0.25) is 0 Å². The van der Waals surface area contributed by atoms with Gasteiger partial charge < -0.3 is 19.5 Å². The Labute approximate surface area is 137 Å². The zero-order valence-corrected chi connectivity index (χ0v) is 14.1. The van der Waals surface area contributed by atoms with E-state index in [4.69, 9.17) is 8.83 Å². The average molecular weight is 318 g/mol. The molecule has 0 bridgehead atoms. The first-order valence-electron chi connectivity index (χ1n) is 7.95. The van der Waals surface area contributed by atoms with Crippen molar-refractivity contribution in [3.63, 3.8) is 0 Å². The highest BCUT2D eigenvalue weighted by molar-refractivity contribution is 5.79. The Bertz CT molecular complexity index is 561. The summed E-state index contributed by atoms with van der Waals surface area (Å²) in [7, 11) is 4.06. The third kappa shape index (κ3) is 5.49. The van der Waals surface area contributed by atoms with Gasteiger partial charge in [0, 0.05) is 19.5 Å². The molecule has 0 aliphatic carbocycles. The van der Waals surface area contributed by atoms with Crippen molar-refractivity contribution >= 4 is 5.96 Å². The van der Waals surface area contributed by atoms with Gasteiger partial charge in [-0.25, -0.2) is 0 Å². The molecule has 6 heteroatoms. The minimum atomic E-state index is 0.116. The molecule has 2 N–H and O–H groups in total. The quantitative estimate of drug-likeness (QED) is 0.577. The van der Waals surface area contributed by atoms with Gasteiger partial charge >= 0.3 is 0 Å². The highest BCUT2D eigenvalue weighted by Gasteiger charge is 2.16. The molecule has 2 aromatic heterocycles. The molecule has 126 valence electrons. The molecule has 0 fully saturated rings. The van der Waals surface area contributed by atoms with Crippen molar-refractivity contribution in [3.05, 3.63) is 48.3 Å². The van der Waals surface area contributed by atoms with Crippen LogP contribution < -0.4 is 10.6 Å². The minimum Gasteiger partial charge on any atom is -0.469 e. The molecule has 0 saturated heterocycles. The van der Waals surface area contributed by atoms with Gasteiger partial charge in [-0.3, -0.25) is 9.89 Å². The van der Waals surface area contributed by atoms with Gasteiger partial charge in [0.25, 0.3) is 0 Å². The molecule has 1 unspecified atom stereocenters. The zero-order chi connectivity index (χ0) is 16.5. The number of nitrogens with one attached hydrogen (secondary N) is 2. The predicted molar refractivity (Wildman–Crippen MR) is 91.5 cm³/mol. The monoisotopic (exact) mass is 318 g/mol. The van der Waals surface area contributed by atoms with E-state index in [9.17, 15) is 0 Å². The van der Waals surface area contributed by atoms with Crippen LogP contribution in [0.3, 0.4) is 0 Å². The molecule has 2 heterocycles. The fourth-order valence-corrected chi connectivity index (χ4v) is 2.27. The van der Waals surface area contributed by atoms with E-state index in [0.717, 1.165) is 37.0 Å². The Balaban J connectivity index is 1.91. The first-order valence-corrected chi connectivity index (χ1v) is 7.95. The number of nitrogens with zero attached hydrogens (tertiary/aromatic N) is 2. The smallest absolute Gasteiger partial charge is 0.191 e. The predicted octanol–water partition coefficient (Wildman–Crippen LogP) is 2.27. The second kappa shape index (κ2) is 9.05. The summed E-state index contributed by atoms with van der Waals surface area (Å²) in [5.41, 5.74) is 0. The molecule has 2 rings (SSSR count). The lowest BCUT2D eigenvalue weighted by Gasteiger charge is -2.21. The van der Waals surface area contributed by atoms with Gasteiger partial charge in [0.05, 0.1) is 25.1 Å². The molecule has 0 aliphatic heterocycles. The Morgan fingerprint density at radius 3 is 2.57 bits per heavy atom. The van der Waals surface area contributed by atoms with Gasteiger partial charge in [-0.15, -0.1) is 0 Å². The summed E-state index contributed by atoms with van der Waals surface area (Å²) in [4.78, 5) is 6.78. The molecule has 2 aromatic rings. The molecule has 23 heavy (non-hydrogen) atoms. The van der Waals surface area contributed by atoms with E-state index in [-0.39, 0.29) is 6.04 Å². The minimum absolute atomic E-state index is 0.116. The second-order valence-corrected chi connectivity index (χ2v) is 5.47. The third-order valence-electron chi connectivity index (χ3n) is 3.51. The van der Waals surface area contributed by atoms with Crippen LogP contribution in [0.4, 0.5) is 0 Å². The van der Waals surface area contributed by atoms with Crippen molar-refractivity contribution in [3.8, 4) is 0 Å². The number of furan rings is 2. The molecule has 0 spiro atoms. The summed E-state index contributed by atoms with van der Waals surface area (Å²) in [6.07, 6.45) is 4.22.